The molecule has 1 heterocycles. The first-order valence-electron chi connectivity index (χ1n) is 5.16. The van der Waals surface area contributed by atoms with Gasteiger partial charge in [0.05, 0.1) is 22.2 Å². The van der Waals surface area contributed by atoms with Crippen LogP contribution in [0.3, 0.4) is 0 Å². The second-order valence-corrected chi connectivity index (χ2v) is 4.01. The highest BCUT2D eigenvalue weighted by Crippen LogP contribution is 2.16. The van der Waals surface area contributed by atoms with Crippen LogP contribution in [-0.4, -0.2) is 14.5 Å². The highest BCUT2D eigenvalue weighted by atomic mass is 16.6. The van der Waals surface area contributed by atoms with E-state index in [9.17, 15) is 14.9 Å². The molecule has 0 saturated heterocycles. The Morgan fingerprint density at radius 3 is 2.71 bits per heavy atom. The van der Waals surface area contributed by atoms with Crippen LogP contribution in [0.15, 0.2) is 29.3 Å². The van der Waals surface area contributed by atoms with Crippen LogP contribution in [0.25, 0.3) is 10.9 Å². The van der Waals surface area contributed by atoms with Gasteiger partial charge in [0.1, 0.15) is 0 Å². The van der Waals surface area contributed by atoms with Gasteiger partial charge in [0, 0.05) is 18.2 Å². The predicted molar refractivity (Wildman–Crippen MR) is 63.0 cm³/mol. The molecule has 0 atom stereocenters. The molecule has 0 unspecified atom stereocenters. The van der Waals surface area contributed by atoms with Gasteiger partial charge in [-0.3, -0.25) is 19.5 Å². The van der Waals surface area contributed by atoms with E-state index in [1.165, 1.54) is 29.1 Å². The lowest BCUT2D eigenvalue weighted by Gasteiger charge is -2.09. The van der Waals surface area contributed by atoms with Crippen LogP contribution in [0.5, 0.6) is 0 Å². The molecule has 1 aromatic carbocycles. The van der Waals surface area contributed by atoms with Crippen LogP contribution in [0.2, 0.25) is 0 Å². The number of hydrogen-bond acceptors (Lipinski definition) is 4. The summed E-state index contributed by atoms with van der Waals surface area (Å²) in [7, 11) is 0. The minimum absolute atomic E-state index is 0.00888. The van der Waals surface area contributed by atoms with Crippen LogP contribution < -0.4 is 5.56 Å². The summed E-state index contributed by atoms with van der Waals surface area (Å²) in [6.45, 7) is 3.75. The Morgan fingerprint density at radius 2 is 2.12 bits per heavy atom. The van der Waals surface area contributed by atoms with Gasteiger partial charge < -0.3 is 0 Å². The third kappa shape index (κ3) is 1.89. The van der Waals surface area contributed by atoms with Crippen molar-refractivity contribution in [1.82, 2.24) is 9.55 Å². The lowest BCUT2D eigenvalue weighted by atomic mass is 10.2. The van der Waals surface area contributed by atoms with Crippen molar-refractivity contribution in [3.63, 3.8) is 0 Å². The zero-order valence-corrected chi connectivity index (χ0v) is 9.45. The minimum Gasteiger partial charge on any atom is -0.296 e. The van der Waals surface area contributed by atoms with Crippen molar-refractivity contribution >= 4 is 16.6 Å². The summed E-state index contributed by atoms with van der Waals surface area (Å²) in [5, 5.41) is 11.0. The molecule has 6 heteroatoms. The molecule has 0 spiro atoms. The molecule has 0 aliphatic carbocycles. The average Bonchev–Trinajstić information content (AvgIpc) is 2.28. The van der Waals surface area contributed by atoms with E-state index in [2.05, 4.69) is 4.98 Å². The number of benzene rings is 1. The zero-order chi connectivity index (χ0) is 12.6. The number of hydrogen-bond donors (Lipinski definition) is 0. The molecule has 0 fully saturated rings. The number of non-ortho nitro benzene ring substituents is 1. The van der Waals surface area contributed by atoms with Crippen LogP contribution in [0.4, 0.5) is 5.69 Å². The monoisotopic (exact) mass is 233 g/mol. The maximum Gasteiger partial charge on any atom is 0.271 e. The molecule has 0 N–H and O–H groups in total. The predicted octanol–water partition coefficient (Wildman–Crippen LogP) is 1.89. The van der Waals surface area contributed by atoms with Gasteiger partial charge in [-0.05, 0) is 19.9 Å². The third-order valence-corrected chi connectivity index (χ3v) is 2.53. The molecule has 0 saturated carbocycles. The molecule has 0 aliphatic rings. The molecule has 0 bridgehead atoms. The summed E-state index contributed by atoms with van der Waals surface area (Å²) in [4.78, 5) is 26.2. The molecule has 2 rings (SSSR count). The fourth-order valence-electron chi connectivity index (χ4n) is 1.61. The summed E-state index contributed by atoms with van der Waals surface area (Å²) >= 11 is 0. The molecule has 0 amide bonds. The van der Waals surface area contributed by atoms with Gasteiger partial charge in [-0.2, -0.15) is 0 Å². The van der Waals surface area contributed by atoms with Crippen molar-refractivity contribution in [2.75, 3.05) is 0 Å². The number of nitro groups is 1. The average molecular weight is 233 g/mol. The number of fused-ring (bicyclic) bond motifs is 1. The standard InChI is InChI=1S/C11H11N3O3/c1-7(2)13-6-12-10-5-8(14(16)17)3-4-9(10)11(13)15/h3-7H,1-2H3. The Labute approximate surface area is 96.7 Å². The van der Waals surface area contributed by atoms with Gasteiger partial charge in [0.25, 0.3) is 11.2 Å². The SMILES string of the molecule is CC(C)n1cnc2cc([N+](=O)[O-])ccc2c1=O. The van der Waals surface area contributed by atoms with Gasteiger partial charge in [-0.1, -0.05) is 0 Å². The molecule has 0 radical (unpaired) electrons. The van der Waals surface area contributed by atoms with Gasteiger partial charge in [-0.15, -0.1) is 0 Å². The topological polar surface area (TPSA) is 78.0 Å². The fourth-order valence-corrected chi connectivity index (χ4v) is 1.61. The molecule has 0 aliphatic heterocycles. The van der Waals surface area contributed by atoms with Crippen molar-refractivity contribution in [3.8, 4) is 0 Å². The first-order valence-corrected chi connectivity index (χ1v) is 5.16. The van der Waals surface area contributed by atoms with E-state index in [0.717, 1.165) is 0 Å². The first-order chi connectivity index (χ1) is 8.00. The van der Waals surface area contributed by atoms with Crippen molar-refractivity contribution in [3.05, 3.63) is 45.0 Å². The van der Waals surface area contributed by atoms with Crippen LogP contribution in [0.1, 0.15) is 19.9 Å². The maximum absolute atomic E-state index is 12.0. The van der Waals surface area contributed by atoms with E-state index in [1.54, 1.807) is 0 Å². The normalized spacial score (nSPS) is 11.0. The lowest BCUT2D eigenvalue weighted by Crippen LogP contribution is -2.22. The zero-order valence-electron chi connectivity index (χ0n) is 9.45. The van der Waals surface area contributed by atoms with Crippen LogP contribution in [0, 0.1) is 10.1 Å². The van der Waals surface area contributed by atoms with Crippen LogP contribution in [-0.2, 0) is 0 Å². The summed E-state index contributed by atoms with van der Waals surface area (Å²) in [6, 6.07) is 4.08. The summed E-state index contributed by atoms with van der Waals surface area (Å²) < 4.78 is 1.49. The Balaban J connectivity index is 2.73. The number of nitro benzene ring substituents is 1. The van der Waals surface area contributed by atoms with E-state index in [4.69, 9.17) is 0 Å². The van der Waals surface area contributed by atoms with Gasteiger partial charge in [0.2, 0.25) is 0 Å². The molecular formula is C11H11N3O3. The summed E-state index contributed by atoms with van der Waals surface area (Å²) in [6.07, 6.45) is 1.42. The van der Waals surface area contributed by atoms with E-state index < -0.39 is 4.92 Å². The summed E-state index contributed by atoms with van der Waals surface area (Å²) in [5.41, 5.74) is 0.104. The van der Waals surface area contributed by atoms with Crippen molar-refractivity contribution < 1.29 is 4.92 Å². The number of rotatable bonds is 2. The number of aromatic nitrogens is 2. The number of nitrogens with zero attached hydrogens (tertiary/aromatic N) is 3. The molecule has 17 heavy (non-hydrogen) atoms. The van der Waals surface area contributed by atoms with E-state index in [1.807, 2.05) is 13.8 Å². The second kappa shape index (κ2) is 3.97. The highest BCUT2D eigenvalue weighted by molar-refractivity contribution is 5.79. The minimum atomic E-state index is -0.505. The second-order valence-electron chi connectivity index (χ2n) is 4.01. The Kier molecular flexibility index (Phi) is 2.63. The Bertz CT molecular complexity index is 646. The largest absolute Gasteiger partial charge is 0.296 e. The van der Waals surface area contributed by atoms with Gasteiger partial charge in [-0.25, -0.2) is 4.98 Å². The third-order valence-electron chi connectivity index (χ3n) is 2.53. The van der Waals surface area contributed by atoms with E-state index >= 15 is 0 Å². The Hall–Kier alpha value is -2.24. The highest BCUT2D eigenvalue weighted by Gasteiger charge is 2.11. The van der Waals surface area contributed by atoms with Crippen molar-refractivity contribution in [2.24, 2.45) is 0 Å². The van der Waals surface area contributed by atoms with Gasteiger partial charge in [0.15, 0.2) is 0 Å². The first kappa shape index (κ1) is 11.3. The van der Waals surface area contributed by atoms with E-state index in [0.29, 0.717) is 10.9 Å². The smallest absolute Gasteiger partial charge is 0.271 e. The summed E-state index contributed by atoms with van der Waals surface area (Å²) in [5.74, 6) is 0. The Morgan fingerprint density at radius 1 is 1.41 bits per heavy atom. The molecule has 88 valence electrons. The lowest BCUT2D eigenvalue weighted by molar-refractivity contribution is -0.384. The molecular weight excluding hydrogens is 222 g/mol. The maximum atomic E-state index is 12.0. The fraction of sp³-hybridized carbons (Fsp3) is 0.273. The van der Waals surface area contributed by atoms with Crippen molar-refractivity contribution in [1.29, 1.82) is 0 Å². The van der Waals surface area contributed by atoms with Crippen LogP contribution >= 0.6 is 0 Å². The quantitative estimate of drug-likeness (QED) is 0.586. The molecule has 2 aromatic rings. The molecule has 1 aromatic heterocycles. The van der Waals surface area contributed by atoms with Crippen molar-refractivity contribution in [2.45, 2.75) is 19.9 Å². The van der Waals surface area contributed by atoms with Gasteiger partial charge >= 0.3 is 0 Å². The molecule has 6 nitrogen and oxygen atoms in total. The van der Waals surface area contributed by atoms with E-state index in [-0.39, 0.29) is 17.3 Å².